The number of carbonyl (C=O) groups is 1. The Morgan fingerprint density at radius 3 is 2.24 bits per heavy atom. The molecule has 0 radical (unpaired) electrons. The Hall–Kier alpha value is -1.69. The molecule has 0 aliphatic heterocycles. The largest absolute Gasteiger partial charge is 0.417 e. The fourth-order valence-corrected chi connectivity index (χ4v) is 2.14. The molecular weight excluding hydrogens is 352 g/mol. The average molecular weight is 361 g/mol. The third-order valence-corrected chi connectivity index (χ3v) is 3.39. The van der Waals surface area contributed by atoms with Crippen molar-refractivity contribution in [1.82, 2.24) is 0 Å². The predicted molar refractivity (Wildman–Crippen MR) is 73.6 cm³/mol. The van der Waals surface area contributed by atoms with Gasteiger partial charge in [-0.05, 0) is 35.9 Å². The first-order valence-electron chi connectivity index (χ1n) is 5.92. The van der Waals surface area contributed by atoms with E-state index in [0.29, 0.717) is 23.8 Å². The van der Waals surface area contributed by atoms with Gasteiger partial charge >= 0.3 is 6.18 Å². The summed E-state index contributed by atoms with van der Waals surface area (Å²) in [4.78, 5) is 12.0. The predicted octanol–water partition coefficient (Wildman–Crippen LogP) is 5.03. The number of hydrogen-bond donors (Lipinski definition) is 0. The number of alkyl halides is 3. The Morgan fingerprint density at radius 2 is 1.67 bits per heavy atom. The van der Waals surface area contributed by atoms with Crippen LogP contribution in [0.25, 0.3) is 0 Å². The van der Waals surface area contributed by atoms with Gasteiger partial charge in [-0.1, -0.05) is 28.1 Å². The quantitative estimate of drug-likeness (QED) is 0.554. The normalized spacial score (nSPS) is 11.5. The highest BCUT2D eigenvalue weighted by Crippen LogP contribution is 2.33. The van der Waals surface area contributed by atoms with Gasteiger partial charge in [0, 0.05) is 16.5 Å². The molecular formula is C15H9BrF4O. The van der Waals surface area contributed by atoms with Crippen molar-refractivity contribution in [3.05, 3.63) is 69.4 Å². The minimum absolute atomic E-state index is 0.222. The zero-order valence-electron chi connectivity index (χ0n) is 10.5. The topological polar surface area (TPSA) is 17.1 Å². The first-order chi connectivity index (χ1) is 9.77. The van der Waals surface area contributed by atoms with E-state index in [4.69, 9.17) is 0 Å². The van der Waals surface area contributed by atoms with E-state index >= 15 is 0 Å². The van der Waals surface area contributed by atoms with Crippen molar-refractivity contribution in [2.75, 3.05) is 0 Å². The lowest BCUT2D eigenvalue weighted by Gasteiger charge is -2.12. The molecule has 1 nitrogen and oxygen atoms in total. The van der Waals surface area contributed by atoms with Gasteiger partial charge in [0.25, 0.3) is 0 Å². The maximum absolute atomic E-state index is 13.2. The van der Waals surface area contributed by atoms with Crippen LogP contribution in [0.3, 0.4) is 0 Å². The standard InChI is InChI=1S/C15H9BrF4O/c16-10-3-1-9(2-4-10)7-14(21)12-8-11(17)5-6-13(12)15(18,19)20/h1-6,8H,7H2. The molecule has 0 atom stereocenters. The van der Waals surface area contributed by atoms with Crippen molar-refractivity contribution >= 4 is 21.7 Å². The molecule has 0 saturated heterocycles. The molecule has 0 bridgehead atoms. The Labute approximate surface area is 126 Å². The summed E-state index contributed by atoms with van der Waals surface area (Å²) in [7, 11) is 0. The van der Waals surface area contributed by atoms with Crippen molar-refractivity contribution in [3.8, 4) is 0 Å². The summed E-state index contributed by atoms with van der Waals surface area (Å²) in [6.45, 7) is 0. The molecule has 0 aliphatic rings. The second-order valence-electron chi connectivity index (χ2n) is 4.41. The maximum atomic E-state index is 13.2. The van der Waals surface area contributed by atoms with Crippen molar-refractivity contribution in [2.24, 2.45) is 0 Å². The smallest absolute Gasteiger partial charge is 0.294 e. The van der Waals surface area contributed by atoms with Gasteiger partial charge in [-0.3, -0.25) is 4.79 Å². The van der Waals surface area contributed by atoms with Crippen LogP contribution < -0.4 is 0 Å². The highest BCUT2D eigenvalue weighted by molar-refractivity contribution is 9.10. The molecule has 0 aliphatic carbocycles. The fourth-order valence-electron chi connectivity index (χ4n) is 1.88. The van der Waals surface area contributed by atoms with Gasteiger partial charge in [-0.2, -0.15) is 13.2 Å². The van der Waals surface area contributed by atoms with Crippen LogP contribution in [-0.4, -0.2) is 5.78 Å². The van der Waals surface area contributed by atoms with E-state index in [1.54, 1.807) is 24.3 Å². The highest BCUT2D eigenvalue weighted by Gasteiger charge is 2.35. The molecule has 110 valence electrons. The van der Waals surface area contributed by atoms with E-state index in [9.17, 15) is 22.4 Å². The van der Waals surface area contributed by atoms with Gasteiger partial charge in [-0.25, -0.2) is 4.39 Å². The van der Waals surface area contributed by atoms with E-state index in [1.165, 1.54) is 0 Å². The van der Waals surface area contributed by atoms with Gasteiger partial charge in [0.05, 0.1) is 5.56 Å². The Balaban J connectivity index is 2.34. The summed E-state index contributed by atoms with van der Waals surface area (Å²) in [6.07, 6.45) is -4.92. The average Bonchev–Trinajstić information content (AvgIpc) is 2.40. The lowest BCUT2D eigenvalue weighted by atomic mass is 9.98. The maximum Gasteiger partial charge on any atom is 0.417 e. The van der Waals surface area contributed by atoms with Gasteiger partial charge in [0.15, 0.2) is 5.78 Å². The van der Waals surface area contributed by atoms with Gasteiger partial charge in [0.1, 0.15) is 5.82 Å². The number of benzene rings is 2. The Bertz CT molecular complexity index is 662. The molecule has 0 amide bonds. The van der Waals surface area contributed by atoms with Crippen molar-refractivity contribution in [1.29, 1.82) is 0 Å². The van der Waals surface area contributed by atoms with E-state index in [-0.39, 0.29) is 6.42 Å². The third kappa shape index (κ3) is 3.91. The number of Topliss-reactive ketones (excluding diaryl/α,β-unsaturated/α-hetero) is 1. The van der Waals surface area contributed by atoms with Crippen LogP contribution in [-0.2, 0) is 12.6 Å². The molecule has 0 unspecified atom stereocenters. The van der Waals surface area contributed by atoms with Crippen molar-refractivity contribution in [3.63, 3.8) is 0 Å². The fraction of sp³-hybridized carbons (Fsp3) is 0.133. The molecule has 0 saturated carbocycles. The zero-order chi connectivity index (χ0) is 15.6. The molecule has 0 heterocycles. The lowest BCUT2D eigenvalue weighted by Crippen LogP contribution is -2.15. The molecule has 0 N–H and O–H groups in total. The Morgan fingerprint density at radius 1 is 1.05 bits per heavy atom. The van der Waals surface area contributed by atoms with Crippen LogP contribution in [0.15, 0.2) is 46.9 Å². The third-order valence-electron chi connectivity index (χ3n) is 2.87. The highest BCUT2D eigenvalue weighted by atomic mass is 79.9. The summed E-state index contributed by atoms with van der Waals surface area (Å²) < 4.78 is 52.5. The van der Waals surface area contributed by atoms with Crippen molar-refractivity contribution in [2.45, 2.75) is 12.6 Å². The second kappa shape index (κ2) is 5.97. The molecule has 2 rings (SSSR count). The summed E-state index contributed by atoms with van der Waals surface area (Å²) in [5, 5.41) is 0. The van der Waals surface area contributed by atoms with Crippen LogP contribution in [0.1, 0.15) is 21.5 Å². The molecule has 6 heteroatoms. The molecule has 0 spiro atoms. The van der Waals surface area contributed by atoms with E-state index in [2.05, 4.69) is 15.9 Å². The van der Waals surface area contributed by atoms with E-state index in [1.807, 2.05) is 0 Å². The zero-order valence-corrected chi connectivity index (χ0v) is 12.1. The number of ketones is 1. The monoisotopic (exact) mass is 360 g/mol. The van der Waals surface area contributed by atoms with Crippen LogP contribution in [0.2, 0.25) is 0 Å². The lowest BCUT2D eigenvalue weighted by molar-refractivity contribution is -0.137. The summed E-state index contributed by atoms with van der Waals surface area (Å²) >= 11 is 3.22. The van der Waals surface area contributed by atoms with Crippen LogP contribution in [0, 0.1) is 5.82 Å². The molecule has 2 aromatic rings. The summed E-state index contributed by atoms with van der Waals surface area (Å²) in [6, 6.07) is 8.51. The van der Waals surface area contributed by atoms with Gasteiger partial charge in [0.2, 0.25) is 0 Å². The van der Waals surface area contributed by atoms with E-state index < -0.39 is 28.9 Å². The minimum Gasteiger partial charge on any atom is -0.294 e. The second-order valence-corrected chi connectivity index (χ2v) is 5.33. The number of halogens is 5. The van der Waals surface area contributed by atoms with Gasteiger partial charge < -0.3 is 0 Å². The Kier molecular flexibility index (Phi) is 4.46. The number of carbonyl (C=O) groups excluding carboxylic acids is 1. The molecule has 2 aromatic carbocycles. The van der Waals surface area contributed by atoms with E-state index in [0.717, 1.165) is 4.47 Å². The first-order valence-corrected chi connectivity index (χ1v) is 6.71. The van der Waals surface area contributed by atoms with Crippen LogP contribution >= 0.6 is 15.9 Å². The number of hydrogen-bond acceptors (Lipinski definition) is 1. The first kappa shape index (κ1) is 15.7. The van der Waals surface area contributed by atoms with Crippen molar-refractivity contribution < 1.29 is 22.4 Å². The summed E-state index contributed by atoms with van der Waals surface area (Å²) in [5.74, 6) is -1.65. The molecule has 21 heavy (non-hydrogen) atoms. The SMILES string of the molecule is O=C(Cc1ccc(Br)cc1)c1cc(F)ccc1C(F)(F)F. The molecule has 0 fully saturated rings. The molecule has 0 aromatic heterocycles. The summed E-state index contributed by atoms with van der Waals surface area (Å²) in [5.41, 5.74) is -1.21. The van der Waals surface area contributed by atoms with Gasteiger partial charge in [-0.15, -0.1) is 0 Å². The van der Waals surface area contributed by atoms with Crippen LogP contribution in [0.4, 0.5) is 17.6 Å². The minimum atomic E-state index is -4.70. The number of rotatable bonds is 3. The van der Waals surface area contributed by atoms with Crippen LogP contribution in [0.5, 0.6) is 0 Å².